The highest BCUT2D eigenvalue weighted by Crippen LogP contribution is 2.16. The van der Waals surface area contributed by atoms with Gasteiger partial charge in [0.2, 0.25) is 0 Å². The molecule has 1 aliphatic rings. The van der Waals surface area contributed by atoms with Crippen molar-refractivity contribution in [3.8, 4) is 0 Å². The summed E-state index contributed by atoms with van der Waals surface area (Å²) >= 11 is 0. The third kappa shape index (κ3) is 3.41. The lowest BCUT2D eigenvalue weighted by molar-refractivity contribution is 0.0950. The first-order chi connectivity index (χ1) is 9.02. The van der Waals surface area contributed by atoms with E-state index in [1.807, 2.05) is 13.0 Å². The molecular formula is C13H21N5O. The minimum atomic E-state index is -0.179. The van der Waals surface area contributed by atoms with Crippen molar-refractivity contribution >= 4 is 11.7 Å². The van der Waals surface area contributed by atoms with Crippen LogP contribution in [0.5, 0.6) is 0 Å². The Morgan fingerprint density at radius 2 is 2.26 bits per heavy atom. The number of carbonyl (C=O) groups excluding carboxylic acids is 1. The standard InChI is InChI=1S/C13H21N5O/c1-4-14-12(19)10-5-6-11(17-16-10)18-8-7-15-13(2,3)9-18/h5-6,15H,4,7-9H2,1-3H3,(H,14,19). The third-order valence-electron chi connectivity index (χ3n) is 3.12. The Hall–Kier alpha value is -1.69. The summed E-state index contributed by atoms with van der Waals surface area (Å²) in [5, 5.41) is 14.3. The van der Waals surface area contributed by atoms with Gasteiger partial charge in [0.05, 0.1) is 0 Å². The Morgan fingerprint density at radius 1 is 1.47 bits per heavy atom. The number of aromatic nitrogens is 2. The number of nitrogens with zero attached hydrogens (tertiary/aromatic N) is 3. The van der Waals surface area contributed by atoms with Gasteiger partial charge >= 0.3 is 0 Å². The number of hydrogen-bond acceptors (Lipinski definition) is 5. The van der Waals surface area contributed by atoms with Crippen LogP contribution >= 0.6 is 0 Å². The van der Waals surface area contributed by atoms with Gasteiger partial charge in [-0.1, -0.05) is 0 Å². The highest BCUT2D eigenvalue weighted by atomic mass is 16.1. The van der Waals surface area contributed by atoms with Crippen molar-refractivity contribution < 1.29 is 4.79 Å². The summed E-state index contributed by atoms with van der Waals surface area (Å²) in [7, 11) is 0. The number of piperazine rings is 1. The number of carbonyl (C=O) groups is 1. The summed E-state index contributed by atoms with van der Waals surface area (Å²) < 4.78 is 0. The largest absolute Gasteiger partial charge is 0.352 e. The second-order valence-corrected chi connectivity index (χ2v) is 5.37. The predicted molar refractivity (Wildman–Crippen MR) is 74.3 cm³/mol. The molecule has 2 N–H and O–H groups in total. The Balaban J connectivity index is 2.08. The first kappa shape index (κ1) is 13.7. The molecule has 1 amide bonds. The highest BCUT2D eigenvalue weighted by molar-refractivity contribution is 5.92. The maximum atomic E-state index is 11.6. The van der Waals surface area contributed by atoms with Crippen LogP contribution in [0.15, 0.2) is 12.1 Å². The van der Waals surface area contributed by atoms with Crippen LogP contribution < -0.4 is 15.5 Å². The van der Waals surface area contributed by atoms with E-state index in [0.717, 1.165) is 25.5 Å². The maximum Gasteiger partial charge on any atom is 0.271 e. The molecule has 104 valence electrons. The molecule has 6 heteroatoms. The van der Waals surface area contributed by atoms with Gasteiger partial charge < -0.3 is 15.5 Å². The molecule has 2 heterocycles. The van der Waals surface area contributed by atoms with Crippen LogP contribution in [0.2, 0.25) is 0 Å². The van der Waals surface area contributed by atoms with E-state index < -0.39 is 0 Å². The lowest BCUT2D eigenvalue weighted by Crippen LogP contribution is -2.57. The first-order valence-corrected chi connectivity index (χ1v) is 6.64. The van der Waals surface area contributed by atoms with E-state index in [2.05, 4.69) is 39.6 Å². The van der Waals surface area contributed by atoms with E-state index in [1.54, 1.807) is 6.07 Å². The molecule has 0 saturated carbocycles. The number of hydrogen-bond donors (Lipinski definition) is 2. The molecule has 1 saturated heterocycles. The SMILES string of the molecule is CCNC(=O)c1ccc(N2CCNC(C)(C)C2)nn1. The second kappa shape index (κ2) is 5.52. The van der Waals surface area contributed by atoms with Crippen LogP contribution in [0.1, 0.15) is 31.3 Å². The monoisotopic (exact) mass is 263 g/mol. The number of nitrogens with one attached hydrogen (secondary N) is 2. The van der Waals surface area contributed by atoms with Crippen molar-refractivity contribution in [2.45, 2.75) is 26.3 Å². The van der Waals surface area contributed by atoms with Crippen LogP contribution in [-0.4, -0.2) is 47.8 Å². The minimum absolute atomic E-state index is 0.0676. The molecule has 0 unspecified atom stereocenters. The zero-order chi connectivity index (χ0) is 13.9. The number of anilines is 1. The summed E-state index contributed by atoms with van der Waals surface area (Å²) in [6, 6.07) is 3.58. The Kier molecular flexibility index (Phi) is 3.99. The lowest BCUT2D eigenvalue weighted by Gasteiger charge is -2.39. The number of amides is 1. The molecule has 1 fully saturated rings. The van der Waals surface area contributed by atoms with Gasteiger partial charge in [-0.25, -0.2) is 0 Å². The first-order valence-electron chi connectivity index (χ1n) is 6.64. The van der Waals surface area contributed by atoms with Gasteiger partial charge in [-0.15, -0.1) is 10.2 Å². The second-order valence-electron chi connectivity index (χ2n) is 5.37. The summed E-state index contributed by atoms with van der Waals surface area (Å²) in [4.78, 5) is 13.8. The minimum Gasteiger partial charge on any atom is -0.352 e. The fraction of sp³-hybridized carbons (Fsp3) is 0.615. The normalized spacial score (nSPS) is 18.2. The molecule has 0 aromatic carbocycles. The van der Waals surface area contributed by atoms with Gasteiger partial charge in [-0.2, -0.15) is 0 Å². The molecule has 1 aromatic rings. The van der Waals surface area contributed by atoms with E-state index in [-0.39, 0.29) is 11.4 Å². The van der Waals surface area contributed by atoms with Crippen molar-refractivity contribution in [3.63, 3.8) is 0 Å². The van der Waals surface area contributed by atoms with E-state index in [4.69, 9.17) is 0 Å². The molecule has 2 rings (SSSR count). The van der Waals surface area contributed by atoms with Crippen LogP contribution in [0.25, 0.3) is 0 Å². The maximum absolute atomic E-state index is 11.6. The molecular weight excluding hydrogens is 242 g/mol. The molecule has 19 heavy (non-hydrogen) atoms. The molecule has 0 atom stereocenters. The number of rotatable bonds is 3. The molecule has 0 aliphatic carbocycles. The van der Waals surface area contributed by atoms with Gasteiger partial charge in [0, 0.05) is 31.7 Å². The van der Waals surface area contributed by atoms with Gasteiger partial charge in [0.25, 0.3) is 5.91 Å². The van der Waals surface area contributed by atoms with Gasteiger partial charge in [0.15, 0.2) is 11.5 Å². The molecule has 0 bridgehead atoms. The van der Waals surface area contributed by atoms with Crippen molar-refractivity contribution in [3.05, 3.63) is 17.8 Å². The highest BCUT2D eigenvalue weighted by Gasteiger charge is 2.26. The predicted octanol–water partition coefficient (Wildman–Crippen LogP) is 0.415. The quantitative estimate of drug-likeness (QED) is 0.827. The van der Waals surface area contributed by atoms with E-state index in [9.17, 15) is 4.79 Å². The lowest BCUT2D eigenvalue weighted by atomic mass is 10.0. The smallest absolute Gasteiger partial charge is 0.271 e. The van der Waals surface area contributed by atoms with Gasteiger partial charge in [0.1, 0.15) is 0 Å². The Labute approximate surface area is 113 Å². The van der Waals surface area contributed by atoms with Crippen molar-refractivity contribution in [2.75, 3.05) is 31.1 Å². The summed E-state index contributed by atoms with van der Waals surface area (Å²) in [6.45, 7) is 9.50. The topological polar surface area (TPSA) is 70.2 Å². The zero-order valence-corrected chi connectivity index (χ0v) is 11.7. The summed E-state index contributed by atoms with van der Waals surface area (Å²) in [6.07, 6.45) is 0. The molecule has 6 nitrogen and oxygen atoms in total. The third-order valence-corrected chi connectivity index (χ3v) is 3.12. The fourth-order valence-corrected chi connectivity index (χ4v) is 2.20. The van der Waals surface area contributed by atoms with Crippen LogP contribution in [-0.2, 0) is 0 Å². The van der Waals surface area contributed by atoms with Crippen LogP contribution in [0, 0.1) is 0 Å². The summed E-state index contributed by atoms with van der Waals surface area (Å²) in [5.74, 6) is 0.643. The Bertz CT molecular complexity index is 443. The van der Waals surface area contributed by atoms with E-state index >= 15 is 0 Å². The van der Waals surface area contributed by atoms with Crippen LogP contribution in [0.3, 0.4) is 0 Å². The molecule has 0 spiro atoms. The molecule has 1 aliphatic heterocycles. The van der Waals surface area contributed by atoms with Crippen molar-refractivity contribution in [1.29, 1.82) is 0 Å². The van der Waals surface area contributed by atoms with E-state index in [1.165, 1.54) is 0 Å². The average molecular weight is 263 g/mol. The van der Waals surface area contributed by atoms with Gasteiger partial charge in [-0.3, -0.25) is 4.79 Å². The fourth-order valence-electron chi connectivity index (χ4n) is 2.20. The van der Waals surface area contributed by atoms with E-state index in [0.29, 0.717) is 12.2 Å². The van der Waals surface area contributed by atoms with Crippen LogP contribution in [0.4, 0.5) is 5.82 Å². The Morgan fingerprint density at radius 3 is 2.84 bits per heavy atom. The summed E-state index contributed by atoms with van der Waals surface area (Å²) in [5.41, 5.74) is 0.429. The van der Waals surface area contributed by atoms with Crippen molar-refractivity contribution in [1.82, 2.24) is 20.8 Å². The molecule has 0 radical (unpaired) electrons. The van der Waals surface area contributed by atoms with Gasteiger partial charge in [-0.05, 0) is 32.9 Å². The molecule has 1 aromatic heterocycles. The average Bonchev–Trinajstić information content (AvgIpc) is 2.38. The van der Waals surface area contributed by atoms with Crippen molar-refractivity contribution in [2.24, 2.45) is 0 Å². The zero-order valence-electron chi connectivity index (χ0n) is 11.7.